The minimum Gasteiger partial charge on any atom is -0.483 e. The van der Waals surface area contributed by atoms with E-state index in [9.17, 15) is 9.59 Å². The fourth-order valence-electron chi connectivity index (χ4n) is 3.48. The molecule has 0 bridgehead atoms. The number of thiocarbonyl (C=S) groups is 1. The van der Waals surface area contributed by atoms with Crippen LogP contribution in [0.25, 0.3) is 21.5 Å². The van der Waals surface area contributed by atoms with Gasteiger partial charge in [-0.05, 0) is 73.5 Å². The van der Waals surface area contributed by atoms with Crippen molar-refractivity contribution in [1.29, 1.82) is 0 Å². The number of hydrogen-bond donors (Lipinski definition) is 3. The first-order chi connectivity index (χ1) is 16.4. The predicted molar refractivity (Wildman–Crippen MR) is 145 cm³/mol. The lowest BCUT2D eigenvalue weighted by molar-refractivity contribution is -0.124. The van der Waals surface area contributed by atoms with Gasteiger partial charge in [0.2, 0.25) is 5.91 Å². The Kier molecular flexibility index (Phi) is 7.77. The molecule has 0 aliphatic carbocycles. The van der Waals surface area contributed by atoms with E-state index >= 15 is 0 Å². The zero-order valence-corrected chi connectivity index (χ0v) is 21.7. The van der Waals surface area contributed by atoms with Gasteiger partial charge in [-0.1, -0.05) is 70.5 Å². The summed E-state index contributed by atoms with van der Waals surface area (Å²) in [5.41, 5.74) is 5.84. The van der Waals surface area contributed by atoms with Gasteiger partial charge in [0.1, 0.15) is 5.75 Å². The number of fused-ring (bicyclic) bond motifs is 2. The van der Waals surface area contributed by atoms with Crippen molar-refractivity contribution in [3.8, 4) is 5.75 Å². The second-order valence-electron chi connectivity index (χ2n) is 7.40. The topological polar surface area (TPSA) is 79.5 Å². The van der Waals surface area contributed by atoms with Crippen molar-refractivity contribution in [2.45, 2.75) is 6.42 Å². The number of hydrogen-bond acceptors (Lipinski definition) is 4. The summed E-state index contributed by atoms with van der Waals surface area (Å²) < 4.78 is 7.37. The molecule has 6 nitrogen and oxygen atoms in total. The number of amides is 2. The third-order valence-electron chi connectivity index (χ3n) is 5.04. The molecule has 0 atom stereocenters. The third-order valence-corrected chi connectivity index (χ3v) is 6.55. The van der Waals surface area contributed by atoms with Crippen molar-refractivity contribution >= 4 is 82.5 Å². The quantitative estimate of drug-likeness (QED) is 0.218. The number of carbonyl (C=O) groups is 2. The van der Waals surface area contributed by atoms with E-state index in [0.717, 1.165) is 36.1 Å². The van der Waals surface area contributed by atoms with E-state index in [4.69, 9.17) is 17.0 Å². The van der Waals surface area contributed by atoms with Crippen molar-refractivity contribution in [3.05, 3.63) is 87.3 Å². The fraction of sp³-hybridized carbons (Fsp3) is 0.0800. The molecule has 0 saturated heterocycles. The summed E-state index contributed by atoms with van der Waals surface area (Å²) in [6.07, 6.45) is 0.160. The van der Waals surface area contributed by atoms with Crippen molar-refractivity contribution in [3.63, 3.8) is 0 Å². The van der Waals surface area contributed by atoms with Crippen LogP contribution in [0.15, 0.2) is 81.7 Å². The molecule has 0 heterocycles. The molecular formula is C25H19Br2N3O3S. The average Bonchev–Trinajstić information content (AvgIpc) is 2.82. The van der Waals surface area contributed by atoms with E-state index in [1.807, 2.05) is 66.7 Å². The van der Waals surface area contributed by atoms with Gasteiger partial charge in [0.05, 0.1) is 10.9 Å². The number of rotatable bonds is 5. The van der Waals surface area contributed by atoms with Crippen LogP contribution >= 0.6 is 44.1 Å². The molecule has 34 heavy (non-hydrogen) atoms. The Morgan fingerprint density at radius 2 is 1.62 bits per heavy atom. The largest absolute Gasteiger partial charge is 0.483 e. The van der Waals surface area contributed by atoms with Crippen LogP contribution in [0.3, 0.4) is 0 Å². The number of nitrogens with one attached hydrogen (secondary N) is 3. The summed E-state index contributed by atoms with van der Waals surface area (Å²) in [5, 5.41) is 6.64. The summed E-state index contributed by atoms with van der Waals surface area (Å²) in [7, 11) is 0. The Morgan fingerprint density at radius 3 is 2.47 bits per heavy atom. The first kappa shape index (κ1) is 24.1. The van der Waals surface area contributed by atoms with Crippen LogP contribution in [0.2, 0.25) is 0 Å². The Bertz CT molecular complexity index is 1410. The molecule has 172 valence electrons. The summed E-state index contributed by atoms with van der Waals surface area (Å²) >= 11 is 12.1. The predicted octanol–water partition coefficient (Wildman–Crippen LogP) is 5.16. The maximum Gasteiger partial charge on any atom is 0.276 e. The van der Waals surface area contributed by atoms with Gasteiger partial charge in [0, 0.05) is 4.47 Å². The monoisotopic (exact) mass is 599 g/mol. The lowest BCUT2D eigenvalue weighted by Crippen LogP contribution is -2.50. The maximum atomic E-state index is 12.4. The molecule has 4 aromatic carbocycles. The van der Waals surface area contributed by atoms with Gasteiger partial charge < -0.3 is 10.1 Å². The molecular weight excluding hydrogens is 582 g/mol. The Balaban J connectivity index is 1.26. The zero-order valence-electron chi connectivity index (χ0n) is 17.7. The summed E-state index contributed by atoms with van der Waals surface area (Å²) in [6.45, 7) is -0.236. The van der Waals surface area contributed by atoms with Crippen molar-refractivity contribution in [2.75, 3.05) is 6.61 Å². The first-order valence-electron chi connectivity index (χ1n) is 10.3. The molecule has 0 spiro atoms. The van der Waals surface area contributed by atoms with E-state index in [-0.39, 0.29) is 24.0 Å². The normalized spacial score (nSPS) is 10.6. The van der Waals surface area contributed by atoms with E-state index in [2.05, 4.69) is 48.0 Å². The molecule has 0 aliphatic heterocycles. The molecule has 0 aromatic heterocycles. The van der Waals surface area contributed by atoms with Gasteiger partial charge in [-0.2, -0.15) is 0 Å². The zero-order chi connectivity index (χ0) is 24.1. The molecule has 9 heteroatoms. The average molecular weight is 601 g/mol. The first-order valence-corrected chi connectivity index (χ1v) is 12.3. The summed E-state index contributed by atoms with van der Waals surface area (Å²) in [6, 6.07) is 23.3. The van der Waals surface area contributed by atoms with E-state index in [1.54, 1.807) is 6.07 Å². The highest BCUT2D eigenvalue weighted by atomic mass is 79.9. The van der Waals surface area contributed by atoms with Crippen LogP contribution in [0.5, 0.6) is 5.75 Å². The van der Waals surface area contributed by atoms with Crippen molar-refractivity contribution < 1.29 is 14.3 Å². The van der Waals surface area contributed by atoms with Crippen LogP contribution in [-0.4, -0.2) is 23.5 Å². The molecule has 4 rings (SSSR count). The van der Waals surface area contributed by atoms with Gasteiger partial charge >= 0.3 is 0 Å². The van der Waals surface area contributed by atoms with Crippen LogP contribution < -0.4 is 20.9 Å². The third kappa shape index (κ3) is 5.91. The molecule has 2 amide bonds. The Hall–Kier alpha value is -3.01. The molecule has 0 saturated carbocycles. The summed E-state index contributed by atoms with van der Waals surface area (Å²) in [5.74, 6) is -0.199. The van der Waals surface area contributed by atoms with E-state index in [0.29, 0.717) is 5.75 Å². The van der Waals surface area contributed by atoms with Crippen LogP contribution in [0.4, 0.5) is 0 Å². The molecule has 0 aliphatic rings. The molecule has 3 N–H and O–H groups in total. The van der Waals surface area contributed by atoms with Crippen molar-refractivity contribution in [1.82, 2.24) is 16.2 Å². The SMILES string of the molecule is O=C(COc1ccc2cc(Br)ccc2c1Br)NNC(=S)NC(=O)Cc1cccc2ccccc12. The highest BCUT2D eigenvalue weighted by molar-refractivity contribution is 9.11. The second kappa shape index (κ2) is 10.9. The Morgan fingerprint density at radius 1 is 0.824 bits per heavy atom. The second-order valence-corrected chi connectivity index (χ2v) is 9.51. The van der Waals surface area contributed by atoms with Crippen LogP contribution in [0.1, 0.15) is 5.56 Å². The van der Waals surface area contributed by atoms with Crippen molar-refractivity contribution in [2.24, 2.45) is 0 Å². The number of halogens is 2. The minimum atomic E-state index is -0.451. The van der Waals surface area contributed by atoms with Gasteiger partial charge in [-0.15, -0.1) is 0 Å². The fourth-order valence-corrected chi connectivity index (χ4v) is 4.63. The number of benzene rings is 4. The molecule has 0 fully saturated rings. The van der Waals surface area contributed by atoms with E-state index in [1.165, 1.54) is 0 Å². The van der Waals surface area contributed by atoms with Gasteiger partial charge in [0.15, 0.2) is 11.7 Å². The van der Waals surface area contributed by atoms with Gasteiger partial charge in [-0.25, -0.2) is 0 Å². The van der Waals surface area contributed by atoms with E-state index < -0.39 is 5.91 Å². The molecule has 0 unspecified atom stereocenters. The standard InChI is InChI=1S/C25H19Br2N3O3S/c26-18-9-10-20-17(12-18)8-11-21(24(20)27)33-14-23(32)29-30-25(34)28-22(31)13-16-6-3-5-15-4-1-2-7-19(15)16/h1-12H,13-14H2,(H,29,32)(H2,28,30,31,34). The van der Waals surface area contributed by atoms with Crippen LogP contribution in [0, 0.1) is 0 Å². The smallest absolute Gasteiger partial charge is 0.276 e. The maximum absolute atomic E-state index is 12.4. The highest BCUT2D eigenvalue weighted by Crippen LogP contribution is 2.34. The number of hydrazine groups is 1. The van der Waals surface area contributed by atoms with Gasteiger partial charge in [-0.3, -0.25) is 20.4 Å². The Labute approximate surface area is 218 Å². The molecule has 0 radical (unpaired) electrons. The molecule has 4 aromatic rings. The lowest BCUT2D eigenvalue weighted by atomic mass is 10.0. The van der Waals surface area contributed by atoms with Gasteiger partial charge in [0.25, 0.3) is 5.91 Å². The summed E-state index contributed by atoms with van der Waals surface area (Å²) in [4.78, 5) is 24.6. The number of ether oxygens (including phenoxy) is 1. The van der Waals surface area contributed by atoms with Crippen LogP contribution in [-0.2, 0) is 16.0 Å². The lowest BCUT2D eigenvalue weighted by Gasteiger charge is -2.13. The highest BCUT2D eigenvalue weighted by Gasteiger charge is 2.11. The minimum absolute atomic E-state index is 0.00366. The number of carbonyl (C=O) groups excluding carboxylic acids is 2.